The van der Waals surface area contributed by atoms with E-state index in [1.54, 1.807) is 0 Å². The van der Waals surface area contributed by atoms with E-state index in [0.29, 0.717) is 0 Å². The predicted octanol–water partition coefficient (Wildman–Crippen LogP) is 3.74. The molecule has 0 aromatic carbocycles. The maximum absolute atomic E-state index is 4.63. The number of fused-ring (bicyclic) bond motifs is 8. The summed E-state index contributed by atoms with van der Waals surface area (Å²) in [4.78, 5) is 16.0. The molecule has 2 N–H and O–H groups in total. The average Bonchev–Trinajstić information content (AvgIpc) is 3.32. The predicted molar refractivity (Wildman–Crippen MR) is 107 cm³/mol. The van der Waals surface area contributed by atoms with Gasteiger partial charge in [0, 0.05) is 22.1 Å². The van der Waals surface area contributed by atoms with Crippen LogP contribution in [0.5, 0.6) is 0 Å². The zero-order chi connectivity index (χ0) is 15.9. The van der Waals surface area contributed by atoms with Crippen LogP contribution in [-0.4, -0.2) is 57.7 Å². The Morgan fingerprint density at radius 1 is 0.480 bits per heavy atom. The number of nitrogens with zero attached hydrogens (tertiary/aromatic N) is 2. The minimum atomic E-state index is 0. The topological polar surface area (TPSA) is 57.4 Å². The summed E-state index contributed by atoms with van der Waals surface area (Å²) in [5.74, 6) is 0. The van der Waals surface area contributed by atoms with Crippen molar-refractivity contribution in [2.45, 2.75) is 0 Å². The summed E-state index contributed by atoms with van der Waals surface area (Å²) >= 11 is 0. The first-order valence-electron chi connectivity index (χ1n) is 7.85. The molecule has 0 saturated carbocycles. The van der Waals surface area contributed by atoms with Gasteiger partial charge >= 0.3 is 37.7 Å². The fourth-order valence-corrected chi connectivity index (χ4v) is 2.94. The summed E-state index contributed by atoms with van der Waals surface area (Å²) in [5.41, 5.74) is 7.86. The van der Waals surface area contributed by atoms with Gasteiger partial charge in [-0.3, -0.25) is 0 Å². The van der Waals surface area contributed by atoms with Crippen LogP contribution in [-0.2, 0) is 0 Å². The molecule has 5 rings (SSSR count). The molecule has 2 aliphatic rings. The first-order chi connectivity index (χ1) is 11.8. The van der Waals surface area contributed by atoms with Crippen molar-refractivity contribution in [2.75, 3.05) is 0 Å². The Labute approximate surface area is 174 Å². The van der Waals surface area contributed by atoms with Crippen molar-refractivity contribution in [3.8, 4) is 0 Å². The molecule has 4 nitrogen and oxygen atoms in total. The normalized spacial score (nSPS) is 12.2. The summed E-state index contributed by atoms with van der Waals surface area (Å²) in [5, 5.41) is 0. The van der Waals surface area contributed by atoms with Gasteiger partial charge in [0.2, 0.25) is 0 Å². The van der Waals surface area contributed by atoms with E-state index in [4.69, 9.17) is 0 Å². The van der Waals surface area contributed by atoms with E-state index in [-0.39, 0.29) is 37.7 Å². The van der Waals surface area contributed by atoms with Crippen LogP contribution in [0.3, 0.4) is 0 Å². The van der Waals surface area contributed by atoms with E-state index in [2.05, 4.69) is 44.2 Å². The van der Waals surface area contributed by atoms with Crippen molar-refractivity contribution < 1.29 is 0 Å². The van der Waals surface area contributed by atoms with Crippen LogP contribution in [0.4, 0.5) is 0 Å². The van der Waals surface area contributed by atoms with Gasteiger partial charge in [0.1, 0.15) is 0 Å². The number of aromatic nitrogens is 4. The van der Waals surface area contributed by atoms with Crippen LogP contribution in [0.25, 0.3) is 46.4 Å². The van der Waals surface area contributed by atoms with Crippen LogP contribution < -0.4 is 0 Å². The van der Waals surface area contributed by atoms with Crippen molar-refractivity contribution >= 4 is 84.1 Å². The van der Waals surface area contributed by atoms with Crippen molar-refractivity contribution in [1.29, 1.82) is 0 Å². The molecule has 5 heteroatoms. The minimum absolute atomic E-state index is 0. The fraction of sp³-hybridized carbons (Fsp3) is 0. The van der Waals surface area contributed by atoms with Crippen LogP contribution in [0.15, 0.2) is 48.5 Å². The standard InChI is InChI=1S/C20H14N4.Ca.2H/c1-2-14-10-16-5-6-18(23-16)12-20-8-7-19(24-20)11-17-4-3-15(22-17)9-13(1)21-14;;;/h1-12,21,24H;;;. The third-order valence-corrected chi connectivity index (χ3v) is 4.04. The number of hydrogen-bond donors (Lipinski definition) is 2. The van der Waals surface area contributed by atoms with E-state index in [0.717, 1.165) is 44.8 Å². The van der Waals surface area contributed by atoms with Gasteiger partial charge in [-0.05, 0) is 72.8 Å². The van der Waals surface area contributed by atoms with Crippen molar-refractivity contribution in [1.82, 2.24) is 19.9 Å². The van der Waals surface area contributed by atoms with Gasteiger partial charge in [-0.2, -0.15) is 0 Å². The Bertz CT molecular complexity index is 990. The van der Waals surface area contributed by atoms with Crippen LogP contribution in [0, 0.1) is 0 Å². The summed E-state index contributed by atoms with van der Waals surface area (Å²) in [6.45, 7) is 0. The van der Waals surface area contributed by atoms with Crippen molar-refractivity contribution in [3.05, 3.63) is 71.3 Å². The van der Waals surface area contributed by atoms with Gasteiger partial charge in [0.25, 0.3) is 0 Å². The van der Waals surface area contributed by atoms with E-state index in [9.17, 15) is 0 Å². The first-order valence-corrected chi connectivity index (χ1v) is 7.85. The molecule has 0 spiro atoms. The number of aromatic amines is 2. The molecule has 0 atom stereocenters. The molecule has 118 valence electrons. The Morgan fingerprint density at radius 3 is 1.04 bits per heavy atom. The molecule has 3 aromatic rings. The molecular weight excluding hydrogens is 336 g/mol. The quantitative estimate of drug-likeness (QED) is 0.417. The Balaban J connectivity index is 0.00000157. The van der Waals surface area contributed by atoms with Gasteiger partial charge in [-0.25, -0.2) is 9.97 Å². The molecule has 5 heterocycles. The van der Waals surface area contributed by atoms with Crippen LogP contribution >= 0.6 is 0 Å². The molecular formula is C20H16CaN4. The Kier molecular flexibility index (Phi) is 4.34. The molecule has 0 fully saturated rings. The molecule has 25 heavy (non-hydrogen) atoms. The van der Waals surface area contributed by atoms with Gasteiger partial charge in [-0.15, -0.1) is 0 Å². The van der Waals surface area contributed by atoms with E-state index < -0.39 is 0 Å². The van der Waals surface area contributed by atoms with Gasteiger partial charge in [0.15, 0.2) is 0 Å². The number of rotatable bonds is 0. The average molecular weight is 352 g/mol. The Morgan fingerprint density at radius 2 is 0.760 bits per heavy atom. The molecule has 8 bridgehead atoms. The van der Waals surface area contributed by atoms with E-state index in [1.165, 1.54) is 0 Å². The molecule has 0 saturated heterocycles. The first kappa shape index (κ1) is 16.3. The maximum atomic E-state index is 4.63. The summed E-state index contributed by atoms with van der Waals surface area (Å²) in [6.07, 6.45) is 8.09. The number of nitrogens with one attached hydrogen (secondary N) is 2. The molecule has 0 aliphatic carbocycles. The zero-order valence-corrected chi connectivity index (χ0v) is 12.8. The second-order valence-corrected chi connectivity index (χ2v) is 5.91. The van der Waals surface area contributed by atoms with Crippen LogP contribution in [0.1, 0.15) is 22.8 Å². The van der Waals surface area contributed by atoms with Gasteiger partial charge < -0.3 is 9.97 Å². The number of hydrogen-bond acceptors (Lipinski definition) is 2. The van der Waals surface area contributed by atoms with Crippen molar-refractivity contribution in [2.24, 2.45) is 0 Å². The molecule has 0 amide bonds. The molecule has 2 aliphatic heterocycles. The summed E-state index contributed by atoms with van der Waals surface area (Å²) in [7, 11) is 0. The summed E-state index contributed by atoms with van der Waals surface area (Å²) < 4.78 is 0. The van der Waals surface area contributed by atoms with E-state index >= 15 is 0 Å². The van der Waals surface area contributed by atoms with Crippen LogP contribution in [0.2, 0.25) is 0 Å². The van der Waals surface area contributed by atoms with Gasteiger partial charge in [0.05, 0.1) is 22.8 Å². The van der Waals surface area contributed by atoms with Gasteiger partial charge in [-0.1, -0.05) is 0 Å². The molecule has 3 aromatic heterocycles. The molecule has 0 unspecified atom stereocenters. The monoisotopic (exact) mass is 352 g/mol. The third-order valence-electron chi connectivity index (χ3n) is 4.04. The number of H-pyrrole nitrogens is 2. The molecule has 0 radical (unpaired) electrons. The Hall–Kier alpha value is -2.14. The zero-order valence-electron chi connectivity index (χ0n) is 12.8. The second-order valence-electron chi connectivity index (χ2n) is 5.91. The second kappa shape index (κ2) is 6.64. The van der Waals surface area contributed by atoms with Crippen molar-refractivity contribution in [3.63, 3.8) is 0 Å². The van der Waals surface area contributed by atoms with E-state index in [1.807, 2.05) is 48.6 Å². The fourth-order valence-electron chi connectivity index (χ4n) is 2.94. The third kappa shape index (κ3) is 3.47. The SMILES string of the molecule is C1=Cc2cc3ccc(cc4nc(cc5ccc(cc1n2)[nH]5)C=C4)[nH]3.[CaH2]. The summed E-state index contributed by atoms with van der Waals surface area (Å²) in [6, 6.07) is 16.4.